The van der Waals surface area contributed by atoms with Crippen LogP contribution in [0.25, 0.3) is 0 Å². The first-order chi connectivity index (χ1) is 15.1. The minimum atomic E-state index is 0. The van der Waals surface area contributed by atoms with Crippen molar-refractivity contribution < 1.29 is 9.47 Å². The van der Waals surface area contributed by atoms with Gasteiger partial charge in [0.05, 0.1) is 19.2 Å². The molecule has 178 valence electrons. The molecule has 0 spiro atoms. The van der Waals surface area contributed by atoms with Crippen LogP contribution in [0.4, 0.5) is 5.69 Å². The number of rotatable bonds is 9. The van der Waals surface area contributed by atoms with E-state index in [1.54, 1.807) is 25.6 Å². The van der Waals surface area contributed by atoms with E-state index >= 15 is 0 Å². The number of nitrogens with zero attached hydrogens (tertiary/aromatic N) is 3. The molecule has 2 aromatic rings. The van der Waals surface area contributed by atoms with E-state index in [2.05, 4.69) is 46.5 Å². The lowest BCUT2D eigenvalue weighted by atomic mass is 10.0. The number of benzene rings is 1. The molecule has 2 heterocycles. The van der Waals surface area contributed by atoms with Crippen molar-refractivity contribution in [3.05, 3.63) is 34.3 Å². The molecule has 0 saturated carbocycles. The molecule has 7 nitrogen and oxygen atoms in total. The van der Waals surface area contributed by atoms with Gasteiger partial charge in [0.25, 0.3) is 0 Å². The minimum absolute atomic E-state index is 0. The summed E-state index contributed by atoms with van der Waals surface area (Å²) in [6.07, 6.45) is 6.02. The Morgan fingerprint density at radius 2 is 1.84 bits per heavy atom. The zero-order valence-electron chi connectivity index (χ0n) is 19.5. The summed E-state index contributed by atoms with van der Waals surface area (Å²) in [4.78, 5) is 13.0. The zero-order valence-corrected chi connectivity index (χ0v) is 22.7. The lowest BCUT2D eigenvalue weighted by Gasteiger charge is -2.34. The summed E-state index contributed by atoms with van der Waals surface area (Å²) in [5, 5.41) is 8.17. The number of aromatic nitrogens is 1. The van der Waals surface area contributed by atoms with Crippen molar-refractivity contribution in [3.63, 3.8) is 0 Å². The van der Waals surface area contributed by atoms with Crippen LogP contribution in [0.1, 0.15) is 36.6 Å². The molecule has 32 heavy (non-hydrogen) atoms. The van der Waals surface area contributed by atoms with Gasteiger partial charge < -0.3 is 25.0 Å². The average molecular weight is 574 g/mol. The SMILES string of the molecule is CCNC(=NCCc1ncc(CC)s1)NC1CCN(c2cc(OC)cc(OC)c2)CC1.I. The molecule has 1 aliphatic heterocycles. The standard InChI is InChI=1S/C23H35N5O2S.HI/c1-5-21-16-26-22(31-21)7-10-25-23(24-6-2)27-17-8-11-28(12-9-17)18-13-19(29-3)15-20(14-18)30-4;/h13-17H,5-12H2,1-4H3,(H2,24,25,27);1H. The molecule has 1 fully saturated rings. The molecule has 0 unspecified atom stereocenters. The van der Waals surface area contributed by atoms with Crippen molar-refractivity contribution in [1.29, 1.82) is 0 Å². The van der Waals surface area contributed by atoms with Gasteiger partial charge in [0.2, 0.25) is 0 Å². The molecule has 0 aliphatic carbocycles. The monoisotopic (exact) mass is 573 g/mol. The fraction of sp³-hybridized carbons (Fsp3) is 0.565. The van der Waals surface area contributed by atoms with Crippen molar-refractivity contribution >= 4 is 47.0 Å². The van der Waals surface area contributed by atoms with E-state index in [0.717, 1.165) is 75.0 Å². The maximum absolute atomic E-state index is 5.42. The Balaban J connectivity index is 0.00000363. The van der Waals surface area contributed by atoms with E-state index < -0.39 is 0 Å². The number of hydrogen-bond acceptors (Lipinski definition) is 6. The van der Waals surface area contributed by atoms with Gasteiger partial charge in [0, 0.05) is 73.6 Å². The Hall–Kier alpha value is -1.75. The number of halogens is 1. The minimum Gasteiger partial charge on any atom is -0.497 e. The topological polar surface area (TPSA) is 71.0 Å². The van der Waals surface area contributed by atoms with E-state index in [9.17, 15) is 0 Å². The highest BCUT2D eigenvalue weighted by Crippen LogP contribution is 2.30. The van der Waals surface area contributed by atoms with Crippen molar-refractivity contribution in [1.82, 2.24) is 15.6 Å². The highest BCUT2D eigenvalue weighted by atomic mass is 127. The van der Waals surface area contributed by atoms with Gasteiger partial charge in [-0.1, -0.05) is 6.92 Å². The Bertz CT molecular complexity index is 830. The summed E-state index contributed by atoms with van der Waals surface area (Å²) in [7, 11) is 3.38. The lowest BCUT2D eigenvalue weighted by molar-refractivity contribution is 0.393. The summed E-state index contributed by atoms with van der Waals surface area (Å²) < 4.78 is 10.8. The number of hydrogen-bond donors (Lipinski definition) is 2. The molecule has 1 saturated heterocycles. The number of aliphatic imine (C=N–C) groups is 1. The van der Waals surface area contributed by atoms with Crippen LogP contribution in [0, 0.1) is 0 Å². The number of aryl methyl sites for hydroxylation is 1. The molecule has 9 heteroatoms. The van der Waals surface area contributed by atoms with Crippen LogP contribution in [0.5, 0.6) is 11.5 Å². The third kappa shape index (κ3) is 7.68. The molecule has 2 N–H and O–H groups in total. The van der Waals surface area contributed by atoms with Crippen LogP contribution in [-0.2, 0) is 12.8 Å². The normalized spacial score (nSPS) is 14.6. The smallest absolute Gasteiger partial charge is 0.191 e. The predicted molar refractivity (Wildman–Crippen MR) is 145 cm³/mol. The summed E-state index contributed by atoms with van der Waals surface area (Å²) in [5.41, 5.74) is 1.14. The molecule has 0 bridgehead atoms. The number of anilines is 1. The average Bonchev–Trinajstić information content (AvgIpc) is 3.27. The van der Waals surface area contributed by atoms with Crippen molar-refractivity contribution in [2.75, 3.05) is 45.3 Å². The van der Waals surface area contributed by atoms with Gasteiger partial charge in [0.1, 0.15) is 11.5 Å². The van der Waals surface area contributed by atoms with Gasteiger partial charge in [-0.25, -0.2) is 4.98 Å². The molecule has 0 radical (unpaired) electrons. The Morgan fingerprint density at radius 1 is 1.16 bits per heavy atom. The summed E-state index contributed by atoms with van der Waals surface area (Å²) in [6.45, 7) is 7.82. The van der Waals surface area contributed by atoms with Crippen LogP contribution >= 0.6 is 35.3 Å². The fourth-order valence-electron chi connectivity index (χ4n) is 3.66. The van der Waals surface area contributed by atoms with Crippen LogP contribution in [-0.4, -0.2) is 57.4 Å². The number of nitrogens with one attached hydrogen (secondary N) is 2. The van der Waals surface area contributed by atoms with E-state index in [4.69, 9.17) is 14.5 Å². The van der Waals surface area contributed by atoms with Gasteiger partial charge in [0.15, 0.2) is 5.96 Å². The number of ether oxygens (including phenoxy) is 2. The maximum atomic E-state index is 5.42. The highest BCUT2D eigenvalue weighted by Gasteiger charge is 2.21. The molecule has 1 aromatic heterocycles. The first-order valence-corrected chi connectivity index (χ1v) is 11.9. The van der Waals surface area contributed by atoms with Gasteiger partial charge in [-0.05, 0) is 26.2 Å². The molecule has 0 atom stereocenters. The molecule has 3 rings (SSSR count). The lowest BCUT2D eigenvalue weighted by Crippen LogP contribution is -2.48. The number of methoxy groups -OCH3 is 2. The van der Waals surface area contributed by atoms with Gasteiger partial charge in [-0.2, -0.15) is 0 Å². The first-order valence-electron chi connectivity index (χ1n) is 11.1. The van der Waals surface area contributed by atoms with Crippen molar-refractivity contribution in [2.45, 2.75) is 45.6 Å². The Morgan fingerprint density at radius 3 is 2.41 bits per heavy atom. The third-order valence-electron chi connectivity index (χ3n) is 5.43. The second-order valence-corrected chi connectivity index (χ2v) is 8.76. The Kier molecular flexibility index (Phi) is 11.4. The van der Waals surface area contributed by atoms with Crippen LogP contribution in [0.15, 0.2) is 29.4 Å². The first kappa shape index (κ1) is 26.5. The largest absolute Gasteiger partial charge is 0.497 e. The number of piperidine rings is 1. The van der Waals surface area contributed by atoms with Gasteiger partial charge in [-0.15, -0.1) is 35.3 Å². The third-order valence-corrected chi connectivity index (χ3v) is 6.63. The fourth-order valence-corrected chi connectivity index (χ4v) is 4.51. The quantitative estimate of drug-likeness (QED) is 0.268. The molecule has 0 amide bonds. The summed E-state index contributed by atoms with van der Waals surface area (Å²) in [6, 6.07) is 6.47. The van der Waals surface area contributed by atoms with E-state index in [1.807, 2.05) is 12.3 Å². The predicted octanol–water partition coefficient (Wildman–Crippen LogP) is 4.11. The van der Waals surface area contributed by atoms with Crippen LogP contribution in [0.2, 0.25) is 0 Å². The summed E-state index contributed by atoms with van der Waals surface area (Å²) >= 11 is 1.79. The van der Waals surface area contributed by atoms with E-state index in [0.29, 0.717) is 6.04 Å². The second kappa shape index (κ2) is 13.7. The molecular weight excluding hydrogens is 537 g/mol. The number of guanidine groups is 1. The van der Waals surface area contributed by atoms with E-state index in [1.165, 1.54) is 9.88 Å². The van der Waals surface area contributed by atoms with Crippen LogP contribution in [0.3, 0.4) is 0 Å². The van der Waals surface area contributed by atoms with Crippen molar-refractivity contribution in [2.24, 2.45) is 4.99 Å². The molecule has 1 aliphatic rings. The highest BCUT2D eigenvalue weighted by molar-refractivity contribution is 14.0. The number of thiazole rings is 1. The van der Waals surface area contributed by atoms with E-state index in [-0.39, 0.29) is 24.0 Å². The molecular formula is C23H36IN5O2S. The zero-order chi connectivity index (χ0) is 22.1. The van der Waals surface area contributed by atoms with Gasteiger partial charge in [-0.3, -0.25) is 4.99 Å². The van der Waals surface area contributed by atoms with Gasteiger partial charge >= 0.3 is 0 Å². The Labute approximate surface area is 213 Å². The van der Waals surface area contributed by atoms with Crippen LogP contribution < -0.4 is 25.0 Å². The maximum Gasteiger partial charge on any atom is 0.191 e. The summed E-state index contributed by atoms with van der Waals surface area (Å²) in [5.74, 6) is 2.54. The molecule has 1 aromatic carbocycles. The second-order valence-electron chi connectivity index (χ2n) is 7.56. The van der Waals surface area contributed by atoms with Crippen molar-refractivity contribution in [3.8, 4) is 11.5 Å².